The number of nitrogens with two attached hydrogens (primary N) is 2. The fraction of sp³-hybridized carbons (Fsp3) is 0.312. The number of nitrogen functional groups attached to an aromatic ring is 2. The Morgan fingerprint density at radius 1 is 1.35 bits per heavy atom. The molecule has 2 amide bonds. The zero-order valence-electron chi connectivity index (χ0n) is 17.4. The molecule has 18 heteroatoms. The highest BCUT2D eigenvalue weighted by Gasteiger charge is 2.51. The Balaban J connectivity index is 1.61. The van der Waals surface area contributed by atoms with Gasteiger partial charge in [-0.1, -0.05) is 5.16 Å². The second-order valence-corrected chi connectivity index (χ2v) is 8.83. The topological polar surface area (TPSA) is 249 Å². The van der Waals surface area contributed by atoms with Crippen LogP contribution >= 0.6 is 11.3 Å². The van der Waals surface area contributed by atoms with Crippen molar-refractivity contribution in [3.63, 3.8) is 0 Å². The molecule has 0 aromatic carbocycles. The second-order valence-electron chi connectivity index (χ2n) is 6.65. The van der Waals surface area contributed by atoms with Gasteiger partial charge in [0.2, 0.25) is 5.88 Å². The van der Waals surface area contributed by atoms with E-state index in [9.17, 15) is 18.0 Å². The Morgan fingerprint density at radius 3 is 2.62 bits per heavy atom. The van der Waals surface area contributed by atoms with Crippen LogP contribution in [-0.2, 0) is 24.7 Å². The number of rotatable bonds is 10. The third-order valence-electron chi connectivity index (χ3n) is 4.33. The van der Waals surface area contributed by atoms with Gasteiger partial charge >= 0.3 is 10.3 Å². The molecular formula is C16H19N9O7S2. The van der Waals surface area contributed by atoms with Crippen LogP contribution in [0, 0.1) is 5.41 Å². The Labute approximate surface area is 196 Å². The zero-order chi connectivity index (χ0) is 25.0. The predicted molar refractivity (Wildman–Crippen MR) is 117 cm³/mol. The number of hydrogen-bond acceptors (Lipinski definition) is 13. The van der Waals surface area contributed by atoms with Gasteiger partial charge in [-0.25, -0.2) is 19.3 Å². The zero-order valence-corrected chi connectivity index (χ0v) is 19.0. The number of amidine groups is 1. The van der Waals surface area contributed by atoms with Crippen molar-refractivity contribution in [1.82, 2.24) is 24.6 Å². The van der Waals surface area contributed by atoms with E-state index in [0.717, 1.165) is 11.3 Å². The Hall–Kier alpha value is -3.90. The number of hydrogen-bond donors (Lipinski definition) is 5. The minimum atomic E-state index is -4.74. The Bertz CT molecular complexity index is 1230. The third kappa shape index (κ3) is 5.53. The van der Waals surface area contributed by atoms with Crippen molar-refractivity contribution < 1.29 is 32.1 Å². The molecule has 16 nitrogen and oxygen atoms in total. The molecule has 2 aromatic heterocycles. The van der Waals surface area contributed by atoms with Crippen LogP contribution in [0.3, 0.4) is 0 Å². The SMILES string of the molecule is C[C@H]1[C@H](NC(=O)/C(=N\OCCOc2cnc(C(=N)N)cn2)c2csc(N)n2)C(=O)N1S(=O)(=O)O. The summed E-state index contributed by atoms with van der Waals surface area (Å²) in [4.78, 5) is 41.6. The van der Waals surface area contributed by atoms with E-state index in [2.05, 4.69) is 25.4 Å². The maximum atomic E-state index is 12.7. The molecule has 0 unspecified atom stereocenters. The van der Waals surface area contributed by atoms with Crippen LogP contribution in [0.4, 0.5) is 5.13 Å². The highest BCUT2D eigenvalue weighted by molar-refractivity contribution is 7.84. The molecule has 2 aromatic rings. The number of nitrogens with one attached hydrogen (secondary N) is 2. The van der Waals surface area contributed by atoms with Crippen LogP contribution in [-0.4, -0.2) is 80.9 Å². The van der Waals surface area contributed by atoms with Gasteiger partial charge in [0.1, 0.15) is 29.9 Å². The first-order chi connectivity index (χ1) is 16.0. The number of carbonyl (C=O) groups is 2. The van der Waals surface area contributed by atoms with Crippen molar-refractivity contribution in [2.75, 3.05) is 18.9 Å². The fourth-order valence-electron chi connectivity index (χ4n) is 2.74. The number of carbonyl (C=O) groups excluding carboxylic acids is 2. The summed E-state index contributed by atoms with van der Waals surface area (Å²) in [6, 6.07) is -2.23. The van der Waals surface area contributed by atoms with Crippen LogP contribution in [0.2, 0.25) is 0 Å². The molecule has 0 aliphatic carbocycles. The van der Waals surface area contributed by atoms with Gasteiger partial charge in [0, 0.05) is 5.38 Å². The van der Waals surface area contributed by atoms with Crippen molar-refractivity contribution in [1.29, 1.82) is 5.41 Å². The van der Waals surface area contributed by atoms with Gasteiger partial charge in [0.25, 0.3) is 11.8 Å². The Kier molecular flexibility index (Phi) is 7.23. The lowest BCUT2D eigenvalue weighted by Gasteiger charge is -2.42. The van der Waals surface area contributed by atoms with Gasteiger partial charge in [-0.3, -0.25) is 19.6 Å². The number of nitrogens with zero attached hydrogens (tertiary/aromatic N) is 5. The fourth-order valence-corrected chi connectivity index (χ4v) is 4.17. The van der Waals surface area contributed by atoms with Gasteiger partial charge in [-0.15, -0.1) is 11.3 Å². The summed E-state index contributed by atoms with van der Waals surface area (Å²) in [7, 11) is -4.74. The van der Waals surface area contributed by atoms with Gasteiger partial charge in [-0.05, 0) is 6.92 Å². The van der Waals surface area contributed by atoms with E-state index in [0.29, 0.717) is 0 Å². The summed E-state index contributed by atoms with van der Waals surface area (Å²) in [6.45, 7) is 1.17. The number of ether oxygens (including phenoxy) is 1. The van der Waals surface area contributed by atoms with Crippen molar-refractivity contribution in [3.8, 4) is 5.88 Å². The molecule has 182 valence electrons. The molecular weight excluding hydrogens is 494 g/mol. The van der Waals surface area contributed by atoms with E-state index in [1.54, 1.807) is 0 Å². The standard InChI is InChI=1S/C16H19N9O7S2/c1-7-11(15(27)25(7)34(28,29)30)23-14(26)12(9-6-33-16(19)22-9)24-32-3-2-31-10-5-20-8(4-21-10)13(17)18/h4-7,11H,2-3H2,1H3,(H3,17,18)(H2,19,22)(H,23,26)(H,28,29,30)/b24-12-/t7-,11-/m0/s1. The summed E-state index contributed by atoms with van der Waals surface area (Å²) in [6.07, 6.45) is 2.53. The summed E-state index contributed by atoms with van der Waals surface area (Å²) in [5.41, 5.74) is 10.8. The number of anilines is 1. The largest absolute Gasteiger partial charge is 0.473 e. The van der Waals surface area contributed by atoms with Crippen LogP contribution < -0.4 is 21.5 Å². The van der Waals surface area contributed by atoms with Crippen molar-refractivity contribution in [2.45, 2.75) is 19.0 Å². The molecule has 1 fully saturated rings. The van der Waals surface area contributed by atoms with Gasteiger partial charge in [0.05, 0.1) is 18.4 Å². The van der Waals surface area contributed by atoms with E-state index >= 15 is 0 Å². The van der Waals surface area contributed by atoms with Gasteiger partial charge in [0.15, 0.2) is 17.5 Å². The monoisotopic (exact) mass is 513 g/mol. The van der Waals surface area contributed by atoms with Crippen molar-refractivity contribution in [2.24, 2.45) is 10.9 Å². The average Bonchev–Trinajstić information content (AvgIpc) is 3.19. The molecule has 0 radical (unpaired) electrons. The van der Waals surface area contributed by atoms with Gasteiger partial charge in [-0.2, -0.15) is 8.42 Å². The van der Waals surface area contributed by atoms with Crippen LogP contribution in [0.25, 0.3) is 0 Å². The number of β-lactam (4-membered cyclic amide) rings is 1. The van der Waals surface area contributed by atoms with Crippen LogP contribution in [0.5, 0.6) is 5.88 Å². The molecule has 7 N–H and O–H groups in total. The van der Waals surface area contributed by atoms with E-state index in [1.165, 1.54) is 24.7 Å². The molecule has 1 saturated heterocycles. The maximum absolute atomic E-state index is 12.7. The lowest BCUT2D eigenvalue weighted by atomic mass is 10.0. The predicted octanol–water partition coefficient (Wildman–Crippen LogP) is -1.88. The molecule has 0 saturated carbocycles. The lowest BCUT2D eigenvalue weighted by molar-refractivity contribution is -0.143. The molecule has 0 bridgehead atoms. The molecule has 34 heavy (non-hydrogen) atoms. The number of aromatic nitrogens is 3. The first kappa shape index (κ1) is 24.7. The van der Waals surface area contributed by atoms with Crippen LogP contribution in [0.1, 0.15) is 18.3 Å². The average molecular weight is 514 g/mol. The van der Waals surface area contributed by atoms with Gasteiger partial charge < -0.3 is 26.4 Å². The minimum absolute atomic E-state index is 0.0346. The minimum Gasteiger partial charge on any atom is -0.473 e. The molecule has 3 rings (SSSR count). The highest BCUT2D eigenvalue weighted by Crippen LogP contribution is 2.23. The number of amides is 2. The van der Waals surface area contributed by atoms with E-state index in [4.69, 9.17) is 31.0 Å². The second kappa shape index (κ2) is 9.93. The first-order valence-corrected chi connectivity index (χ1v) is 11.6. The van der Waals surface area contributed by atoms with Crippen molar-refractivity contribution >= 4 is 50.1 Å². The summed E-state index contributed by atoms with van der Waals surface area (Å²) in [5.74, 6) is -1.98. The normalized spacial score (nSPS) is 18.2. The summed E-state index contributed by atoms with van der Waals surface area (Å²) < 4.78 is 37.1. The third-order valence-corrected chi connectivity index (χ3v) is 6.02. The number of thiazole rings is 1. The lowest BCUT2D eigenvalue weighted by Crippen LogP contribution is -2.71. The number of oxime groups is 1. The van der Waals surface area contributed by atoms with E-state index in [-0.39, 0.29) is 51.5 Å². The van der Waals surface area contributed by atoms with E-state index in [1.807, 2.05) is 0 Å². The maximum Gasteiger partial charge on any atom is 0.362 e. The smallest absolute Gasteiger partial charge is 0.362 e. The molecule has 3 heterocycles. The quantitative estimate of drug-likeness (QED) is 0.0584. The van der Waals surface area contributed by atoms with E-state index < -0.39 is 34.2 Å². The molecule has 0 spiro atoms. The van der Waals surface area contributed by atoms with Crippen LogP contribution in [0.15, 0.2) is 22.9 Å². The molecule has 2 atom stereocenters. The summed E-state index contributed by atoms with van der Waals surface area (Å²) in [5, 5.41) is 14.9. The Morgan fingerprint density at radius 2 is 2.09 bits per heavy atom. The molecule has 1 aliphatic heterocycles. The highest BCUT2D eigenvalue weighted by atomic mass is 32.2. The molecule has 1 aliphatic rings. The first-order valence-electron chi connectivity index (χ1n) is 9.31. The van der Waals surface area contributed by atoms with Crippen molar-refractivity contribution in [3.05, 3.63) is 29.2 Å². The summed E-state index contributed by atoms with van der Waals surface area (Å²) >= 11 is 1.04.